The van der Waals surface area contributed by atoms with Crippen molar-refractivity contribution in [2.24, 2.45) is 5.92 Å². The van der Waals surface area contributed by atoms with Crippen LogP contribution < -0.4 is 10.6 Å². The minimum absolute atomic E-state index is 0.378. The van der Waals surface area contributed by atoms with Gasteiger partial charge in [0.25, 0.3) is 0 Å². The molecule has 0 aromatic rings. The number of carbonyl (C=O) groups is 2. The lowest BCUT2D eigenvalue weighted by Gasteiger charge is -2.27. The van der Waals surface area contributed by atoms with Crippen LogP contribution in [-0.2, 0) is 9.53 Å². The standard InChI is InChI=1S/C11H22N2O4/c1-7(9(14)15)8(2)12-10(16)13-11(3,4)6-17-5/h7-8H,6H2,1-5H3,(H,14,15)(H2,12,13,16). The van der Waals surface area contributed by atoms with E-state index in [0.29, 0.717) is 6.61 Å². The molecule has 2 amide bonds. The number of methoxy groups -OCH3 is 1. The topological polar surface area (TPSA) is 87.7 Å². The molecule has 2 atom stereocenters. The first-order chi connectivity index (χ1) is 7.69. The third-order valence-corrected chi connectivity index (χ3v) is 2.46. The monoisotopic (exact) mass is 246 g/mol. The van der Waals surface area contributed by atoms with Crippen LogP contribution >= 0.6 is 0 Å². The highest BCUT2D eigenvalue weighted by molar-refractivity contribution is 5.77. The third-order valence-electron chi connectivity index (χ3n) is 2.46. The molecular formula is C11H22N2O4. The van der Waals surface area contributed by atoms with E-state index < -0.39 is 29.5 Å². The Morgan fingerprint density at radius 3 is 2.29 bits per heavy atom. The maximum Gasteiger partial charge on any atom is 0.315 e. The molecule has 0 aliphatic heterocycles. The Kier molecular flexibility index (Phi) is 5.95. The largest absolute Gasteiger partial charge is 0.481 e. The zero-order chi connectivity index (χ0) is 13.6. The van der Waals surface area contributed by atoms with Crippen molar-refractivity contribution >= 4 is 12.0 Å². The number of carboxylic acid groups (broad SMARTS) is 1. The van der Waals surface area contributed by atoms with Gasteiger partial charge >= 0.3 is 12.0 Å². The molecule has 0 fully saturated rings. The first-order valence-electron chi connectivity index (χ1n) is 5.50. The van der Waals surface area contributed by atoms with Gasteiger partial charge in [0.2, 0.25) is 0 Å². The summed E-state index contributed by atoms with van der Waals surface area (Å²) >= 11 is 0. The lowest BCUT2D eigenvalue weighted by atomic mass is 10.0. The number of hydrogen-bond acceptors (Lipinski definition) is 3. The molecule has 6 heteroatoms. The molecule has 0 rings (SSSR count). The summed E-state index contributed by atoms with van der Waals surface area (Å²) in [6.07, 6.45) is 0. The molecule has 3 N–H and O–H groups in total. The molecule has 0 aromatic heterocycles. The second kappa shape index (κ2) is 6.44. The molecule has 0 heterocycles. The summed E-state index contributed by atoms with van der Waals surface area (Å²) in [5.41, 5.74) is -0.495. The van der Waals surface area contributed by atoms with Gasteiger partial charge in [-0.15, -0.1) is 0 Å². The zero-order valence-electron chi connectivity index (χ0n) is 11.0. The Morgan fingerprint density at radius 1 is 1.35 bits per heavy atom. The smallest absolute Gasteiger partial charge is 0.315 e. The molecule has 0 radical (unpaired) electrons. The Hall–Kier alpha value is -1.30. The van der Waals surface area contributed by atoms with Crippen LogP contribution in [0.2, 0.25) is 0 Å². The fourth-order valence-corrected chi connectivity index (χ4v) is 1.29. The number of ether oxygens (including phenoxy) is 1. The summed E-state index contributed by atoms with van der Waals surface area (Å²) in [4.78, 5) is 22.3. The number of hydrogen-bond donors (Lipinski definition) is 3. The van der Waals surface area contributed by atoms with Gasteiger partial charge < -0.3 is 20.5 Å². The second-order valence-corrected chi connectivity index (χ2v) is 4.83. The molecule has 0 aromatic carbocycles. The number of urea groups is 1. The van der Waals surface area contributed by atoms with E-state index in [2.05, 4.69) is 10.6 Å². The summed E-state index contributed by atoms with van der Waals surface area (Å²) < 4.78 is 4.96. The number of rotatable bonds is 6. The van der Waals surface area contributed by atoms with Gasteiger partial charge in [-0.1, -0.05) is 0 Å². The third kappa shape index (κ3) is 6.11. The van der Waals surface area contributed by atoms with Crippen LogP contribution in [0.4, 0.5) is 4.79 Å². The number of carboxylic acids is 1. The highest BCUT2D eigenvalue weighted by Gasteiger charge is 2.24. The minimum atomic E-state index is -0.936. The zero-order valence-corrected chi connectivity index (χ0v) is 11.0. The summed E-state index contributed by atoms with van der Waals surface area (Å²) in [6.45, 7) is 7.22. The molecule has 0 spiro atoms. The predicted molar refractivity (Wildman–Crippen MR) is 63.9 cm³/mol. The van der Waals surface area contributed by atoms with E-state index >= 15 is 0 Å². The molecule has 100 valence electrons. The van der Waals surface area contributed by atoms with E-state index in [9.17, 15) is 9.59 Å². The van der Waals surface area contributed by atoms with Crippen LogP contribution in [0.3, 0.4) is 0 Å². The Morgan fingerprint density at radius 2 is 1.88 bits per heavy atom. The van der Waals surface area contributed by atoms with Gasteiger partial charge in [0.1, 0.15) is 0 Å². The summed E-state index contributed by atoms with van der Waals surface area (Å²) in [7, 11) is 1.55. The van der Waals surface area contributed by atoms with E-state index in [1.165, 1.54) is 0 Å². The van der Waals surface area contributed by atoms with Gasteiger partial charge in [0, 0.05) is 13.2 Å². The van der Waals surface area contributed by atoms with Gasteiger partial charge in [0.15, 0.2) is 0 Å². The fraction of sp³-hybridized carbons (Fsp3) is 0.818. The summed E-state index contributed by atoms with van der Waals surface area (Å²) in [5, 5.41) is 14.1. The van der Waals surface area contributed by atoms with E-state index in [0.717, 1.165) is 0 Å². The summed E-state index contributed by atoms with van der Waals surface area (Å²) in [5.74, 6) is -1.57. The van der Waals surface area contributed by atoms with Gasteiger partial charge in [0.05, 0.1) is 18.1 Å². The van der Waals surface area contributed by atoms with Crippen molar-refractivity contribution in [1.29, 1.82) is 0 Å². The molecule has 6 nitrogen and oxygen atoms in total. The Balaban J connectivity index is 4.23. The lowest BCUT2D eigenvalue weighted by molar-refractivity contribution is -0.141. The van der Waals surface area contributed by atoms with Crippen molar-refractivity contribution in [3.63, 3.8) is 0 Å². The van der Waals surface area contributed by atoms with Crippen molar-refractivity contribution in [1.82, 2.24) is 10.6 Å². The van der Waals surface area contributed by atoms with Crippen LogP contribution in [0, 0.1) is 5.92 Å². The summed E-state index contributed by atoms with van der Waals surface area (Å²) in [6, 6.07) is -0.835. The lowest BCUT2D eigenvalue weighted by Crippen LogP contribution is -2.54. The SMILES string of the molecule is COCC(C)(C)NC(=O)NC(C)C(C)C(=O)O. The molecule has 0 bridgehead atoms. The maximum atomic E-state index is 11.6. The van der Waals surface area contributed by atoms with Gasteiger partial charge in [-0.2, -0.15) is 0 Å². The first-order valence-corrected chi connectivity index (χ1v) is 5.50. The molecule has 0 aliphatic carbocycles. The minimum Gasteiger partial charge on any atom is -0.481 e. The number of nitrogens with one attached hydrogen (secondary N) is 2. The van der Waals surface area contributed by atoms with E-state index in [4.69, 9.17) is 9.84 Å². The molecule has 0 aliphatic rings. The van der Waals surface area contributed by atoms with Crippen LogP contribution in [0.5, 0.6) is 0 Å². The number of amides is 2. The van der Waals surface area contributed by atoms with Crippen LogP contribution in [0.1, 0.15) is 27.7 Å². The van der Waals surface area contributed by atoms with Crippen molar-refractivity contribution in [2.45, 2.75) is 39.3 Å². The van der Waals surface area contributed by atoms with E-state index in [-0.39, 0.29) is 0 Å². The van der Waals surface area contributed by atoms with E-state index in [1.807, 2.05) is 13.8 Å². The van der Waals surface area contributed by atoms with Crippen molar-refractivity contribution < 1.29 is 19.4 Å². The number of aliphatic carboxylic acids is 1. The fourth-order valence-electron chi connectivity index (χ4n) is 1.29. The number of carbonyl (C=O) groups excluding carboxylic acids is 1. The normalized spacial score (nSPS) is 14.9. The Labute approximate surface area is 102 Å². The highest BCUT2D eigenvalue weighted by atomic mass is 16.5. The van der Waals surface area contributed by atoms with Gasteiger partial charge in [-0.3, -0.25) is 4.79 Å². The average molecular weight is 246 g/mol. The molecule has 2 unspecified atom stereocenters. The van der Waals surface area contributed by atoms with Crippen LogP contribution in [-0.4, -0.2) is 42.4 Å². The van der Waals surface area contributed by atoms with Crippen molar-refractivity contribution in [2.75, 3.05) is 13.7 Å². The van der Waals surface area contributed by atoms with Gasteiger partial charge in [-0.25, -0.2) is 4.79 Å². The quantitative estimate of drug-likeness (QED) is 0.647. The molecule has 0 saturated carbocycles. The van der Waals surface area contributed by atoms with Crippen molar-refractivity contribution in [3.05, 3.63) is 0 Å². The van der Waals surface area contributed by atoms with Crippen molar-refractivity contribution in [3.8, 4) is 0 Å². The predicted octanol–water partition coefficient (Wildman–Crippen LogP) is 0.820. The highest BCUT2D eigenvalue weighted by Crippen LogP contribution is 2.04. The second-order valence-electron chi connectivity index (χ2n) is 4.83. The van der Waals surface area contributed by atoms with Crippen LogP contribution in [0.15, 0.2) is 0 Å². The van der Waals surface area contributed by atoms with Gasteiger partial charge in [-0.05, 0) is 27.7 Å². The Bertz CT molecular complexity index is 279. The molecule has 17 heavy (non-hydrogen) atoms. The first kappa shape index (κ1) is 15.7. The maximum absolute atomic E-state index is 11.6. The van der Waals surface area contributed by atoms with Crippen LogP contribution in [0.25, 0.3) is 0 Å². The molecular weight excluding hydrogens is 224 g/mol. The average Bonchev–Trinajstić information content (AvgIpc) is 2.14. The van der Waals surface area contributed by atoms with E-state index in [1.54, 1.807) is 21.0 Å². The molecule has 0 saturated heterocycles.